The first kappa shape index (κ1) is 18.6. The fourth-order valence-corrected chi connectivity index (χ4v) is 3.52. The molecule has 0 amide bonds. The number of anilines is 2. The maximum Gasteiger partial charge on any atom is 0.337 e. The molecule has 3 aromatic rings. The molecule has 3 rings (SSSR count). The highest BCUT2D eigenvalue weighted by Gasteiger charge is 2.16. The number of aromatic carboxylic acids is 1. The van der Waals surface area contributed by atoms with Crippen LogP contribution in [-0.2, 0) is 11.1 Å². The van der Waals surface area contributed by atoms with Gasteiger partial charge < -0.3 is 15.0 Å². The van der Waals surface area contributed by atoms with Crippen LogP contribution < -0.4 is 5.32 Å². The normalized spacial score (nSPS) is 12.2. The molecule has 2 aromatic carbocycles. The Balaban J connectivity index is 2.29. The van der Waals surface area contributed by atoms with E-state index in [4.69, 9.17) is 23.2 Å². The molecule has 0 aliphatic rings. The lowest BCUT2D eigenvalue weighted by molar-refractivity contribution is 0.0698. The second-order valence-electron chi connectivity index (χ2n) is 5.47. The minimum absolute atomic E-state index is 0.0937. The van der Waals surface area contributed by atoms with Crippen molar-refractivity contribution in [1.29, 1.82) is 0 Å². The van der Waals surface area contributed by atoms with Gasteiger partial charge in [-0.3, -0.25) is 9.19 Å². The van der Waals surface area contributed by atoms with E-state index in [2.05, 4.69) is 10.3 Å². The molecule has 0 spiro atoms. The lowest BCUT2D eigenvalue weighted by Crippen LogP contribution is -2.06. The zero-order valence-corrected chi connectivity index (χ0v) is 15.6. The standard InChI is InChI=1S/C17H12Cl2N2O4S/c1-8-4-10(19)6-12-15(8)20-7-14(26(24)25)16(12)21-13-3-2-9(18)5-11(13)17(22)23/h2-7H,1H3,(H,20,21)(H,22,23)(H,24,25)/p-1. The van der Waals surface area contributed by atoms with Crippen molar-refractivity contribution in [2.45, 2.75) is 11.8 Å². The van der Waals surface area contributed by atoms with Crippen molar-refractivity contribution in [3.63, 3.8) is 0 Å². The fourth-order valence-electron chi connectivity index (χ4n) is 2.61. The highest BCUT2D eigenvalue weighted by molar-refractivity contribution is 7.79. The number of halogens is 2. The number of aryl methyl sites for hydroxylation is 1. The number of hydrogen-bond acceptors (Lipinski definition) is 5. The number of nitrogens with one attached hydrogen (secondary N) is 1. The average molecular weight is 410 g/mol. The maximum absolute atomic E-state index is 11.6. The molecule has 0 bridgehead atoms. The molecule has 2 N–H and O–H groups in total. The van der Waals surface area contributed by atoms with Crippen molar-refractivity contribution in [2.75, 3.05) is 5.32 Å². The molecule has 0 fully saturated rings. The summed E-state index contributed by atoms with van der Waals surface area (Å²) in [5.74, 6) is -1.20. The van der Waals surface area contributed by atoms with Gasteiger partial charge in [0.1, 0.15) is 0 Å². The number of nitrogens with zero attached hydrogens (tertiary/aromatic N) is 1. The van der Waals surface area contributed by atoms with Crippen LogP contribution >= 0.6 is 23.2 Å². The Morgan fingerprint density at radius 2 is 1.96 bits per heavy atom. The topological polar surface area (TPSA) is 102 Å². The SMILES string of the molecule is Cc1cc(Cl)cc2c(Nc3ccc(Cl)cc3C(=O)O)c(S(=O)[O-])cnc12. The summed E-state index contributed by atoms with van der Waals surface area (Å²) in [6.07, 6.45) is 1.21. The first-order valence-corrected chi connectivity index (χ1v) is 9.09. The maximum atomic E-state index is 11.6. The molecule has 1 heterocycles. The van der Waals surface area contributed by atoms with Crippen molar-refractivity contribution in [3.05, 3.63) is 57.7 Å². The van der Waals surface area contributed by atoms with E-state index in [1.54, 1.807) is 19.1 Å². The highest BCUT2D eigenvalue weighted by atomic mass is 35.5. The molecular weight excluding hydrogens is 399 g/mol. The zero-order valence-electron chi connectivity index (χ0n) is 13.2. The monoisotopic (exact) mass is 409 g/mol. The number of carboxylic acid groups (broad SMARTS) is 1. The summed E-state index contributed by atoms with van der Waals surface area (Å²) < 4.78 is 23.3. The van der Waals surface area contributed by atoms with Gasteiger partial charge in [0.05, 0.1) is 27.4 Å². The van der Waals surface area contributed by atoms with Crippen LogP contribution in [0.3, 0.4) is 0 Å². The van der Waals surface area contributed by atoms with Crippen LogP contribution in [0.4, 0.5) is 11.4 Å². The van der Waals surface area contributed by atoms with Gasteiger partial charge in [-0.1, -0.05) is 23.2 Å². The van der Waals surface area contributed by atoms with Crippen molar-refractivity contribution in [1.82, 2.24) is 4.98 Å². The molecule has 9 heteroatoms. The number of aromatic nitrogens is 1. The average Bonchev–Trinajstić information content (AvgIpc) is 2.56. The van der Waals surface area contributed by atoms with E-state index in [0.29, 0.717) is 15.9 Å². The summed E-state index contributed by atoms with van der Waals surface area (Å²) in [6, 6.07) is 7.53. The summed E-state index contributed by atoms with van der Waals surface area (Å²) in [6.45, 7) is 1.80. The minimum atomic E-state index is -2.60. The van der Waals surface area contributed by atoms with Gasteiger partial charge >= 0.3 is 5.97 Å². The lowest BCUT2D eigenvalue weighted by atomic mass is 10.1. The molecule has 0 radical (unpaired) electrons. The predicted octanol–water partition coefficient (Wildman–Crippen LogP) is 4.53. The first-order valence-electron chi connectivity index (χ1n) is 7.26. The summed E-state index contributed by atoms with van der Waals surface area (Å²) in [4.78, 5) is 15.6. The van der Waals surface area contributed by atoms with E-state index >= 15 is 0 Å². The Hall–Kier alpha value is -2.19. The van der Waals surface area contributed by atoms with Crippen molar-refractivity contribution >= 4 is 62.5 Å². The Morgan fingerprint density at radius 1 is 1.23 bits per heavy atom. The molecular formula is C17H11Cl2N2O4S-. The summed E-state index contributed by atoms with van der Waals surface area (Å²) in [5.41, 5.74) is 1.60. The molecule has 0 aliphatic heterocycles. The van der Waals surface area contributed by atoms with Gasteiger partial charge in [0.2, 0.25) is 0 Å². The number of fused-ring (bicyclic) bond motifs is 1. The third kappa shape index (κ3) is 3.52. The van der Waals surface area contributed by atoms with Crippen molar-refractivity contribution < 1.29 is 18.7 Å². The molecule has 0 saturated carbocycles. The summed E-state index contributed by atoms with van der Waals surface area (Å²) in [7, 11) is 0. The van der Waals surface area contributed by atoms with E-state index < -0.39 is 17.0 Å². The summed E-state index contributed by atoms with van der Waals surface area (Å²) >= 11 is 9.38. The van der Waals surface area contributed by atoms with Crippen LogP contribution in [0.5, 0.6) is 0 Å². The second kappa shape index (κ2) is 7.20. The fraction of sp³-hybridized carbons (Fsp3) is 0.0588. The van der Waals surface area contributed by atoms with Crippen molar-refractivity contribution in [3.8, 4) is 0 Å². The van der Waals surface area contributed by atoms with Crippen LogP contribution in [0.15, 0.2) is 41.4 Å². The van der Waals surface area contributed by atoms with Crippen LogP contribution in [0.1, 0.15) is 15.9 Å². The Morgan fingerprint density at radius 3 is 2.62 bits per heavy atom. The second-order valence-corrected chi connectivity index (χ2v) is 7.25. The van der Waals surface area contributed by atoms with Gasteiger partial charge in [0.25, 0.3) is 0 Å². The van der Waals surface area contributed by atoms with Crippen LogP contribution in [0.25, 0.3) is 10.9 Å². The molecule has 0 aliphatic carbocycles. The number of benzene rings is 2. The van der Waals surface area contributed by atoms with Crippen LogP contribution in [-0.4, -0.2) is 24.8 Å². The van der Waals surface area contributed by atoms with Gasteiger partial charge in [0.15, 0.2) is 0 Å². The molecule has 1 aromatic heterocycles. The van der Waals surface area contributed by atoms with E-state index in [1.807, 2.05) is 0 Å². The number of pyridine rings is 1. The molecule has 0 saturated heterocycles. The number of hydrogen-bond donors (Lipinski definition) is 2. The zero-order chi connectivity index (χ0) is 19.0. The Labute approximate surface area is 161 Å². The van der Waals surface area contributed by atoms with Gasteiger partial charge in [0, 0.05) is 21.6 Å². The quantitative estimate of drug-likeness (QED) is 0.613. The lowest BCUT2D eigenvalue weighted by Gasteiger charge is -2.18. The third-order valence-corrected chi connectivity index (χ3v) is 4.87. The number of rotatable bonds is 4. The van der Waals surface area contributed by atoms with Gasteiger partial charge in [-0.25, -0.2) is 4.79 Å². The third-order valence-electron chi connectivity index (χ3n) is 3.74. The van der Waals surface area contributed by atoms with Crippen molar-refractivity contribution in [2.24, 2.45) is 0 Å². The Kier molecular flexibility index (Phi) is 5.15. The molecule has 6 nitrogen and oxygen atoms in total. The smallest absolute Gasteiger partial charge is 0.337 e. The number of carboxylic acids is 1. The molecule has 1 atom stereocenters. The minimum Gasteiger partial charge on any atom is -0.768 e. The van der Waals surface area contributed by atoms with Crippen LogP contribution in [0, 0.1) is 6.92 Å². The van der Waals surface area contributed by atoms with E-state index in [0.717, 1.165) is 5.56 Å². The van der Waals surface area contributed by atoms with Gasteiger partial charge in [-0.2, -0.15) is 0 Å². The van der Waals surface area contributed by atoms with E-state index in [1.165, 1.54) is 24.4 Å². The molecule has 134 valence electrons. The van der Waals surface area contributed by atoms with E-state index in [-0.39, 0.29) is 26.9 Å². The number of carbonyl (C=O) groups is 1. The summed E-state index contributed by atoms with van der Waals surface area (Å²) in [5, 5.41) is 13.4. The largest absolute Gasteiger partial charge is 0.768 e. The van der Waals surface area contributed by atoms with Crippen LogP contribution in [0.2, 0.25) is 10.0 Å². The Bertz CT molecular complexity index is 1070. The molecule has 1 unspecified atom stereocenters. The molecule has 26 heavy (non-hydrogen) atoms. The predicted molar refractivity (Wildman–Crippen MR) is 100 cm³/mol. The van der Waals surface area contributed by atoms with Gasteiger partial charge in [-0.05, 0) is 53.9 Å². The first-order chi connectivity index (χ1) is 12.3. The van der Waals surface area contributed by atoms with Gasteiger partial charge in [-0.15, -0.1) is 0 Å². The van der Waals surface area contributed by atoms with E-state index in [9.17, 15) is 18.7 Å². The highest BCUT2D eigenvalue weighted by Crippen LogP contribution is 2.35.